The number of halogens is 2. The molecule has 1 aliphatic heterocycles. The average Bonchev–Trinajstić information content (AvgIpc) is 2.23. The SMILES string of the molecule is Clc1cc(C2CCCNC2)ccc1Br. The molecule has 1 fully saturated rings. The first-order chi connectivity index (χ1) is 6.77. The summed E-state index contributed by atoms with van der Waals surface area (Å²) >= 11 is 9.47. The van der Waals surface area contributed by atoms with Crippen molar-refractivity contribution in [3.8, 4) is 0 Å². The van der Waals surface area contributed by atoms with Crippen LogP contribution in [0.15, 0.2) is 22.7 Å². The van der Waals surface area contributed by atoms with Crippen molar-refractivity contribution in [1.82, 2.24) is 5.32 Å². The molecule has 2 rings (SSSR count). The third-order valence-electron chi connectivity index (χ3n) is 2.71. The minimum Gasteiger partial charge on any atom is -0.316 e. The molecule has 1 atom stereocenters. The molecule has 0 bridgehead atoms. The molecule has 0 aliphatic carbocycles. The molecule has 1 heterocycles. The summed E-state index contributed by atoms with van der Waals surface area (Å²) in [6, 6.07) is 6.27. The first kappa shape index (κ1) is 10.5. The Morgan fingerprint density at radius 2 is 2.29 bits per heavy atom. The van der Waals surface area contributed by atoms with Crippen molar-refractivity contribution in [3.05, 3.63) is 33.3 Å². The zero-order valence-corrected chi connectivity index (χ0v) is 10.2. The average molecular weight is 275 g/mol. The second kappa shape index (κ2) is 4.65. The summed E-state index contributed by atoms with van der Waals surface area (Å²) in [5, 5.41) is 4.23. The molecule has 0 aromatic heterocycles. The van der Waals surface area contributed by atoms with Crippen molar-refractivity contribution >= 4 is 27.5 Å². The Hall–Kier alpha value is -0.0500. The molecule has 0 radical (unpaired) electrons. The topological polar surface area (TPSA) is 12.0 Å². The number of benzene rings is 1. The number of piperidine rings is 1. The van der Waals surface area contributed by atoms with Crippen molar-refractivity contribution in [3.63, 3.8) is 0 Å². The van der Waals surface area contributed by atoms with Crippen molar-refractivity contribution < 1.29 is 0 Å². The van der Waals surface area contributed by atoms with E-state index in [0.717, 1.165) is 22.6 Å². The van der Waals surface area contributed by atoms with Crippen LogP contribution in [0.25, 0.3) is 0 Å². The van der Waals surface area contributed by atoms with Gasteiger partial charge in [-0.1, -0.05) is 17.7 Å². The Labute approximate surface area is 98.0 Å². The third kappa shape index (κ3) is 2.30. The summed E-state index contributed by atoms with van der Waals surface area (Å²) in [4.78, 5) is 0. The summed E-state index contributed by atoms with van der Waals surface area (Å²) < 4.78 is 0.978. The van der Waals surface area contributed by atoms with Crippen molar-refractivity contribution in [2.75, 3.05) is 13.1 Å². The van der Waals surface area contributed by atoms with E-state index >= 15 is 0 Å². The molecule has 1 nitrogen and oxygen atoms in total. The fraction of sp³-hybridized carbons (Fsp3) is 0.455. The summed E-state index contributed by atoms with van der Waals surface area (Å²) in [6.45, 7) is 2.23. The van der Waals surface area contributed by atoms with E-state index in [4.69, 9.17) is 11.6 Å². The van der Waals surface area contributed by atoms with Gasteiger partial charge in [0.2, 0.25) is 0 Å². The molecule has 1 aliphatic rings. The van der Waals surface area contributed by atoms with Gasteiger partial charge in [-0.3, -0.25) is 0 Å². The number of hydrogen-bond acceptors (Lipinski definition) is 1. The van der Waals surface area contributed by atoms with Crippen LogP contribution in [0.4, 0.5) is 0 Å². The predicted octanol–water partition coefficient (Wildman–Crippen LogP) is 3.57. The fourth-order valence-electron chi connectivity index (χ4n) is 1.90. The van der Waals surface area contributed by atoms with Gasteiger partial charge in [-0.25, -0.2) is 0 Å². The van der Waals surface area contributed by atoms with Crippen LogP contribution in [0.1, 0.15) is 24.3 Å². The van der Waals surface area contributed by atoms with Gasteiger partial charge in [-0.15, -0.1) is 0 Å². The van der Waals surface area contributed by atoms with Crippen LogP contribution >= 0.6 is 27.5 Å². The molecule has 1 unspecified atom stereocenters. The van der Waals surface area contributed by atoms with E-state index in [2.05, 4.69) is 33.4 Å². The van der Waals surface area contributed by atoms with Gasteiger partial charge in [0.25, 0.3) is 0 Å². The van der Waals surface area contributed by atoms with E-state index in [1.165, 1.54) is 18.4 Å². The van der Waals surface area contributed by atoms with Gasteiger partial charge in [0.15, 0.2) is 0 Å². The molecule has 3 heteroatoms. The molecule has 0 amide bonds. The molecule has 0 spiro atoms. The molecule has 14 heavy (non-hydrogen) atoms. The lowest BCUT2D eigenvalue weighted by Gasteiger charge is -2.23. The highest BCUT2D eigenvalue weighted by molar-refractivity contribution is 9.10. The summed E-state index contributed by atoms with van der Waals surface area (Å²) in [5.74, 6) is 0.634. The van der Waals surface area contributed by atoms with Gasteiger partial charge < -0.3 is 5.32 Å². The third-order valence-corrected chi connectivity index (χ3v) is 3.94. The first-order valence-electron chi connectivity index (χ1n) is 4.93. The van der Waals surface area contributed by atoms with Crippen LogP contribution in [0.2, 0.25) is 5.02 Å². The second-order valence-electron chi connectivity index (χ2n) is 3.72. The normalized spacial score (nSPS) is 22.3. The molecular weight excluding hydrogens is 261 g/mol. The number of nitrogens with one attached hydrogen (secondary N) is 1. The first-order valence-corrected chi connectivity index (χ1v) is 6.10. The molecule has 1 saturated heterocycles. The lowest BCUT2D eigenvalue weighted by atomic mass is 9.92. The maximum absolute atomic E-state index is 6.07. The molecule has 76 valence electrons. The Balaban J connectivity index is 2.18. The lowest BCUT2D eigenvalue weighted by Crippen LogP contribution is -2.28. The fourth-order valence-corrected chi connectivity index (χ4v) is 2.34. The molecule has 1 aromatic rings. The zero-order chi connectivity index (χ0) is 9.97. The van der Waals surface area contributed by atoms with E-state index in [9.17, 15) is 0 Å². The van der Waals surface area contributed by atoms with Crippen molar-refractivity contribution in [2.24, 2.45) is 0 Å². The van der Waals surface area contributed by atoms with E-state index in [1.807, 2.05) is 6.07 Å². The summed E-state index contributed by atoms with van der Waals surface area (Å²) in [5.41, 5.74) is 1.35. The Morgan fingerprint density at radius 1 is 1.43 bits per heavy atom. The smallest absolute Gasteiger partial charge is 0.0550 e. The monoisotopic (exact) mass is 273 g/mol. The Bertz CT molecular complexity index is 321. The minimum absolute atomic E-state index is 0.634. The largest absolute Gasteiger partial charge is 0.316 e. The van der Waals surface area contributed by atoms with Gasteiger partial charge in [-0.2, -0.15) is 0 Å². The maximum Gasteiger partial charge on any atom is 0.0550 e. The number of rotatable bonds is 1. The minimum atomic E-state index is 0.634. The summed E-state index contributed by atoms with van der Waals surface area (Å²) in [7, 11) is 0. The molecule has 1 N–H and O–H groups in total. The van der Waals surface area contributed by atoms with Crippen LogP contribution in [0, 0.1) is 0 Å². The standard InChI is InChI=1S/C11H13BrClN/c12-10-4-3-8(6-11(10)13)9-2-1-5-14-7-9/h3-4,6,9,14H,1-2,5,7H2. The molecule has 1 aromatic carbocycles. The van der Waals surface area contributed by atoms with Crippen LogP contribution < -0.4 is 5.32 Å². The van der Waals surface area contributed by atoms with Gasteiger partial charge in [0, 0.05) is 11.0 Å². The van der Waals surface area contributed by atoms with Gasteiger partial charge in [0.05, 0.1) is 5.02 Å². The number of hydrogen-bond donors (Lipinski definition) is 1. The van der Waals surface area contributed by atoms with Crippen LogP contribution in [-0.2, 0) is 0 Å². The van der Waals surface area contributed by atoms with E-state index in [1.54, 1.807) is 0 Å². The maximum atomic E-state index is 6.07. The van der Waals surface area contributed by atoms with Gasteiger partial charge >= 0.3 is 0 Å². The molecular formula is C11H13BrClN. The lowest BCUT2D eigenvalue weighted by molar-refractivity contribution is 0.461. The highest BCUT2D eigenvalue weighted by atomic mass is 79.9. The van der Waals surface area contributed by atoms with Crippen molar-refractivity contribution in [2.45, 2.75) is 18.8 Å². The zero-order valence-electron chi connectivity index (χ0n) is 7.89. The predicted molar refractivity (Wildman–Crippen MR) is 64.0 cm³/mol. The van der Waals surface area contributed by atoms with E-state index < -0.39 is 0 Å². The Morgan fingerprint density at radius 3 is 2.93 bits per heavy atom. The molecule has 0 saturated carbocycles. The Kier molecular flexibility index (Phi) is 3.47. The quantitative estimate of drug-likeness (QED) is 0.825. The van der Waals surface area contributed by atoms with E-state index in [-0.39, 0.29) is 0 Å². The van der Waals surface area contributed by atoms with Gasteiger partial charge in [0.1, 0.15) is 0 Å². The highest BCUT2D eigenvalue weighted by Crippen LogP contribution is 2.29. The summed E-state index contributed by atoms with van der Waals surface area (Å²) in [6.07, 6.45) is 2.53. The second-order valence-corrected chi connectivity index (χ2v) is 4.98. The van der Waals surface area contributed by atoms with Gasteiger partial charge in [-0.05, 0) is 58.9 Å². The highest BCUT2D eigenvalue weighted by Gasteiger charge is 2.15. The van der Waals surface area contributed by atoms with Crippen LogP contribution in [-0.4, -0.2) is 13.1 Å². The van der Waals surface area contributed by atoms with Crippen LogP contribution in [0.5, 0.6) is 0 Å². The van der Waals surface area contributed by atoms with E-state index in [0.29, 0.717) is 5.92 Å². The van der Waals surface area contributed by atoms with Crippen molar-refractivity contribution in [1.29, 1.82) is 0 Å². The van der Waals surface area contributed by atoms with Crippen LogP contribution in [0.3, 0.4) is 0 Å².